The van der Waals surface area contributed by atoms with Gasteiger partial charge in [0, 0.05) is 18.6 Å². The van der Waals surface area contributed by atoms with Gasteiger partial charge in [-0.2, -0.15) is 0 Å². The van der Waals surface area contributed by atoms with Gasteiger partial charge in [-0.1, -0.05) is 0 Å². The maximum atomic E-state index is 2.99. The van der Waals surface area contributed by atoms with Crippen LogP contribution in [0, 0.1) is 0 Å². The molecule has 1 rings (SSSR count). The van der Waals surface area contributed by atoms with Gasteiger partial charge in [0.2, 0.25) is 0 Å². The van der Waals surface area contributed by atoms with Crippen LogP contribution >= 0.6 is 22.6 Å². The molecular weight excluding hydrogens is 203 g/mol. The Kier molecular flexibility index (Phi) is 1.56. The van der Waals surface area contributed by atoms with Gasteiger partial charge in [-0.3, -0.25) is 0 Å². The molecule has 0 spiro atoms. The summed E-state index contributed by atoms with van der Waals surface area (Å²) in [4.78, 5) is 0. The van der Waals surface area contributed by atoms with Gasteiger partial charge >= 0.3 is 0 Å². The standard InChI is InChI=1S/C4H5IN2/c5-4-3-6-1-2-7-4/h1-3,6-7H. The summed E-state index contributed by atoms with van der Waals surface area (Å²) in [7, 11) is 0. The first-order chi connectivity index (χ1) is 3.39. The first-order valence-corrected chi connectivity index (χ1v) is 3.01. The number of rotatable bonds is 0. The monoisotopic (exact) mass is 208 g/mol. The van der Waals surface area contributed by atoms with Crippen LogP contribution in [0.3, 0.4) is 0 Å². The van der Waals surface area contributed by atoms with Crippen molar-refractivity contribution in [2.24, 2.45) is 0 Å². The lowest BCUT2D eigenvalue weighted by Gasteiger charge is -2.02. The molecule has 0 saturated heterocycles. The summed E-state index contributed by atoms with van der Waals surface area (Å²) in [5.74, 6) is 0. The van der Waals surface area contributed by atoms with Crippen molar-refractivity contribution in [1.82, 2.24) is 10.6 Å². The second-order valence-corrected chi connectivity index (χ2v) is 2.30. The van der Waals surface area contributed by atoms with E-state index in [1.54, 1.807) is 0 Å². The zero-order chi connectivity index (χ0) is 5.11. The number of hydrogen-bond acceptors (Lipinski definition) is 2. The molecule has 1 aliphatic heterocycles. The Morgan fingerprint density at radius 2 is 2.29 bits per heavy atom. The van der Waals surface area contributed by atoms with Crippen LogP contribution in [0.4, 0.5) is 0 Å². The lowest BCUT2D eigenvalue weighted by Crippen LogP contribution is -2.09. The summed E-state index contributed by atoms with van der Waals surface area (Å²) >= 11 is 2.19. The second-order valence-electron chi connectivity index (χ2n) is 1.14. The molecule has 0 unspecified atom stereocenters. The van der Waals surface area contributed by atoms with Gasteiger partial charge < -0.3 is 10.6 Å². The molecule has 0 bridgehead atoms. The van der Waals surface area contributed by atoms with Gasteiger partial charge in [-0.15, -0.1) is 0 Å². The van der Waals surface area contributed by atoms with Crippen LogP contribution < -0.4 is 10.6 Å². The minimum absolute atomic E-state index is 1.11. The third-order valence-corrected chi connectivity index (χ3v) is 1.23. The molecule has 0 saturated carbocycles. The van der Waals surface area contributed by atoms with Gasteiger partial charge in [-0.05, 0) is 22.6 Å². The van der Waals surface area contributed by atoms with E-state index in [-0.39, 0.29) is 0 Å². The van der Waals surface area contributed by atoms with E-state index in [0.29, 0.717) is 0 Å². The van der Waals surface area contributed by atoms with Crippen LogP contribution in [-0.2, 0) is 0 Å². The number of halogens is 1. The average molecular weight is 208 g/mol. The predicted molar refractivity (Wildman–Crippen MR) is 37.5 cm³/mol. The third-order valence-electron chi connectivity index (χ3n) is 0.611. The van der Waals surface area contributed by atoms with E-state index < -0.39 is 0 Å². The highest BCUT2D eigenvalue weighted by atomic mass is 127. The maximum absolute atomic E-state index is 2.99. The fourth-order valence-electron chi connectivity index (χ4n) is 0.332. The first kappa shape index (κ1) is 4.96. The van der Waals surface area contributed by atoms with Crippen LogP contribution in [-0.4, -0.2) is 0 Å². The van der Waals surface area contributed by atoms with E-state index in [1.807, 2.05) is 18.6 Å². The summed E-state index contributed by atoms with van der Waals surface area (Å²) in [6.45, 7) is 0. The summed E-state index contributed by atoms with van der Waals surface area (Å²) < 4.78 is 1.11. The maximum Gasteiger partial charge on any atom is 0.0934 e. The Labute approximate surface area is 55.8 Å². The van der Waals surface area contributed by atoms with E-state index in [9.17, 15) is 0 Å². The molecule has 1 aliphatic rings. The van der Waals surface area contributed by atoms with Crippen molar-refractivity contribution in [3.63, 3.8) is 0 Å². The summed E-state index contributed by atoms with van der Waals surface area (Å²) in [5, 5.41) is 5.91. The fourth-order valence-corrected chi connectivity index (χ4v) is 0.692. The van der Waals surface area contributed by atoms with Gasteiger partial charge in [-0.25, -0.2) is 0 Å². The molecule has 3 heteroatoms. The van der Waals surface area contributed by atoms with Gasteiger partial charge in [0.25, 0.3) is 0 Å². The molecule has 0 atom stereocenters. The van der Waals surface area contributed by atoms with Gasteiger partial charge in [0.05, 0.1) is 3.70 Å². The fraction of sp³-hybridized carbons (Fsp3) is 0. The van der Waals surface area contributed by atoms with Crippen LogP contribution in [0.1, 0.15) is 0 Å². The normalized spacial score (nSPS) is 17.0. The molecule has 2 N–H and O–H groups in total. The Morgan fingerprint density at radius 3 is 2.57 bits per heavy atom. The highest BCUT2D eigenvalue weighted by molar-refractivity contribution is 14.1. The molecule has 0 aromatic carbocycles. The van der Waals surface area contributed by atoms with Gasteiger partial charge in [0.15, 0.2) is 0 Å². The van der Waals surface area contributed by atoms with Crippen molar-refractivity contribution < 1.29 is 0 Å². The molecule has 38 valence electrons. The van der Waals surface area contributed by atoms with E-state index in [1.165, 1.54) is 0 Å². The molecule has 2 nitrogen and oxygen atoms in total. The van der Waals surface area contributed by atoms with Crippen LogP contribution in [0.5, 0.6) is 0 Å². The van der Waals surface area contributed by atoms with E-state index in [4.69, 9.17) is 0 Å². The average Bonchev–Trinajstić information content (AvgIpc) is 1.69. The zero-order valence-electron chi connectivity index (χ0n) is 3.61. The van der Waals surface area contributed by atoms with E-state index in [2.05, 4.69) is 33.2 Å². The third kappa shape index (κ3) is 1.38. The van der Waals surface area contributed by atoms with Crippen molar-refractivity contribution in [2.75, 3.05) is 0 Å². The first-order valence-electron chi connectivity index (χ1n) is 1.93. The Hall–Kier alpha value is -0.190. The molecule has 0 aromatic rings. The number of nitrogens with one attached hydrogen (secondary N) is 2. The summed E-state index contributed by atoms with van der Waals surface area (Å²) in [5.41, 5.74) is 0. The molecule has 0 radical (unpaired) electrons. The van der Waals surface area contributed by atoms with E-state index >= 15 is 0 Å². The van der Waals surface area contributed by atoms with Crippen LogP contribution in [0.2, 0.25) is 0 Å². The lowest BCUT2D eigenvalue weighted by molar-refractivity contribution is 1.03. The summed E-state index contributed by atoms with van der Waals surface area (Å²) in [6.07, 6.45) is 5.57. The minimum atomic E-state index is 1.11. The topological polar surface area (TPSA) is 24.1 Å². The quantitative estimate of drug-likeness (QED) is 0.456. The Balaban J connectivity index is 2.50. The van der Waals surface area contributed by atoms with Crippen molar-refractivity contribution >= 4 is 22.6 Å². The van der Waals surface area contributed by atoms with Crippen LogP contribution in [0.25, 0.3) is 0 Å². The van der Waals surface area contributed by atoms with Crippen LogP contribution in [0.15, 0.2) is 22.3 Å². The molecule has 0 fully saturated rings. The Morgan fingerprint density at radius 1 is 1.43 bits per heavy atom. The molecular formula is C4H5IN2. The second kappa shape index (κ2) is 2.20. The zero-order valence-corrected chi connectivity index (χ0v) is 5.77. The lowest BCUT2D eigenvalue weighted by atomic mass is 10.7. The molecule has 0 aromatic heterocycles. The van der Waals surface area contributed by atoms with Gasteiger partial charge in [0.1, 0.15) is 0 Å². The minimum Gasteiger partial charge on any atom is -0.364 e. The van der Waals surface area contributed by atoms with E-state index in [0.717, 1.165) is 3.70 Å². The molecule has 7 heavy (non-hydrogen) atoms. The molecule has 1 heterocycles. The summed E-state index contributed by atoms with van der Waals surface area (Å²) in [6, 6.07) is 0. The van der Waals surface area contributed by atoms with Crippen molar-refractivity contribution in [3.05, 3.63) is 22.3 Å². The SMILES string of the molecule is IC1=CNC=CN1. The highest BCUT2D eigenvalue weighted by Gasteiger charge is 1.85. The smallest absolute Gasteiger partial charge is 0.0934 e. The highest BCUT2D eigenvalue weighted by Crippen LogP contribution is 1.99. The molecule has 0 amide bonds. The van der Waals surface area contributed by atoms with Crippen molar-refractivity contribution in [2.45, 2.75) is 0 Å². The predicted octanol–water partition coefficient (Wildman–Crippen LogP) is 0.884. The molecule has 0 aliphatic carbocycles. The number of hydrogen-bond donors (Lipinski definition) is 2. The van der Waals surface area contributed by atoms with Crippen molar-refractivity contribution in [1.29, 1.82) is 0 Å². The Bertz CT molecular complexity index is 117. The van der Waals surface area contributed by atoms with Crippen molar-refractivity contribution in [3.8, 4) is 0 Å². The largest absolute Gasteiger partial charge is 0.364 e.